The number of aliphatic imine (C=N–C) groups is 1. The second-order valence-electron chi connectivity index (χ2n) is 9.24. The summed E-state index contributed by atoms with van der Waals surface area (Å²) >= 11 is 0. The molecule has 0 bridgehead atoms. The van der Waals surface area contributed by atoms with E-state index in [4.69, 9.17) is 0 Å². The quantitative estimate of drug-likeness (QED) is 0.592. The first-order valence-electron chi connectivity index (χ1n) is 11.7. The van der Waals surface area contributed by atoms with Crippen LogP contribution in [0.3, 0.4) is 0 Å². The molecule has 0 spiro atoms. The molecule has 2 aromatic heterocycles. The van der Waals surface area contributed by atoms with Crippen molar-refractivity contribution in [2.24, 2.45) is 4.99 Å². The molecule has 0 radical (unpaired) electrons. The molecular formula is C27H27F2N5O. The number of carbonyl (C=O) groups is 1. The van der Waals surface area contributed by atoms with E-state index in [0.29, 0.717) is 18.8 Å². The van der Waals surface area contributed by atoms with Crippen molar-refractivity contribution < 1.29 is 13.6 Å². The summed E-state index contributed by atoms with van der Waals surface area (Å²) in [5.41, 5.74) is 6.21. The highest BCUT2D eigenvalue weighted by Gasteiger charge is 2.46. The minimum Gasteiger partial charge on any atom is -0.351 e. The highest BCUT2D eigenvalue weighted by Crippen LogP contribution is 2.36. The number of fused-ring (bicyclic) bond motifs is 1. The molecule has 3 aromatic rings. The molecule has 1 fully saturated rings. The van der Waals surface area contributed by atoms with Crippen molar-refractivity contribution in [1.82, 2.24) is 20.2 Å². The summed E-state index contributed by atoms with van der Waals surface area (Å²) in [5.74, 6) is -0.714. The fourth-order valence-electron chi connectivity index (χ4n) is 5.25. The Kier molecular flexibility index (Phi) is 6.38. The number of carbonyl (C=O) groups excluding carboxylic acids is 1. The van der Waals surface area contributed by atoms with Gasteiger partial charge in [-0.3, -0.25) is 24.7 Å². The molecule has 2 aliphatic heterocycles. The number of hydrogen-bond acceptors (Lipinski definition) is 5. The maximum absolute atomic E-state index is 13.9. The largest absolute Gasteiger partial charge is 0.351 e. The second-order valence-corrected chi connectivity index (χ2v) is 9.24. The van der Waals surface area contributed by atoms with Crippen LogP contribution in [0.1, 0.15) is 39.6 Å². The Labute approximate surface area is 203 Å². The van der Waals surface area contributed by atoms with E-state index in [0.717, 1.165) is 33.7 Å². The molecule has 1 saturated heterocycles. The van der Waals surface area contributed by atoms with Crippen LogP contribution in [0, 0.1) is 6.92 Å². The molecule has 8 heteroatoms. The third-order valence-corrected chi connectivity index (χ3v) is 6.80. The van der Waals surface area contributed by atoms with Crippen molar-refractivity contribution in [3.05, 3.63) is 94.6 Å². The number of pyridine rings is 2. The SMILES string of the molecule is Cc1cc(C2=NCc3cc(CC(=O)N[C@H]4CN(C)[C@@H](C(F)F)[C@@H]4c4ccccc4)ncc32)ccn1. The molecule has 1 aromatic carbocycles. The van der Waals surface area contributed by atoms with Gasteiger partial charge in [-0.2, -0.15) is 0 Å². The zero-order valence-corrected chi connectivity index (χ0v) is 19.7. The molecule has 180 valence electrons. The van der Waals surface area contributed by atoms with Crippen LogP contribution in [0.5, 0.6) is 0 Å². The summed E-state index contributed by atoms with van der Waals surface area (Å²) in [7, 11) is 1.68. The van der Waals surface area contributed by atoms with Crippen LogP contribution in [0.2, 0.25) is 0 Å². The Morgan fingerprint density at radius 3 is 2.71 bits per heavy atom. The third-order valence-electron chi connectivity index (χ3n) is 6.80. The van der Waals surface area contributed by atoms with Gasteiger partial charge in [0.05, 0.1) is 36.5 Å². The minimum absolute atomic E-state index is 0.0814. The number of aryl methyl sites for hydroxylation is 1. The summed E-state index contributed by atoms with van der Waals surface area (Å²) in [4.78, 5) is 28.0. The fraction of sp³-hybridized carbons (Fsp3) is 0.333. The molecule has 35 heavy (non-hydrogen) atoms. The number of rotatable bonds is 6. The van der Waals surface area contributed by atoms with Gasteiger partial charge in [0, 0.05) is 41.7 Å². The average Bonchev–Trinajstić information content (AvgIpc) is 3.39. The number of likely N-dealkylation sites (N-methyl/N-ethyl adjacent to an activating group) is 1. The van der Waals surface area contributed by atoms with Crippen molar-refractivity contribution in [3.8, 4) is 0 Å². The minimum atomic E-state index is -2.51. The van der Waals surface area contributed by atoms with E-state index in [1.165, 1.54) is 0 Å². The van der Waals surface area contributed by atoms with Crippen molar-refractivity contribution >= 4 is 11.6 Å². The van der Waals surface area contributed by atoms with Gasteiger partial charge in [0.2, 0.25) is 5.91 Å². The molecule has 0 saturated carbocycles. The van der Waals surface area contributed by atoms with E-state index in [2.05, 4.69) is 20.3 Å². The third kappa shape index (κ3) is 4.71. The Hall–Kier alpha value is -3.52. The van der Waals surface area contributed by atoms with Crippen LogP contribution >= 0.6 is 0 Å². The monoisotopic (exact) mass is 475 g/mol. The number of nitrogens with one attached hydrogen (secondary N) is 1. The number of alkyl halides is 2. The zero-order chi connectivity index (χ0) is 24.5. The predicted octanol–water partition coefficient (Wildman–Crippen LogP) is 3.53. The van der Waals surface area contributed by atoms with E-state index in [-0.39, 0.29) is 12.3 Å². The van der Waals surface area contributed by atoms with Crippen LogP contribution in [0.15, 0.2) is 65.9 Å². The molecule has 4 heterocycles. The van der Waals surface area contributed by atoms with E-state index in [9.17, 15) is 13.6 Å². The molecule has 0 unspecified atom stereocenters. The predicted molar refractivity (Wildman–Crippen MR) is 130 cm³/mol. The summed E-state index contributed by atoms with van der Waals surface area (Å²) in [6.07, 6.45) is 1.10. The molecule has 6 nitrogen and oxygen atoms in total. The van der Waals surface area contributed by atoms with Gasteiger partial charge >= 0.3 is 0 Å². The Morgan fingerprint density at radius 1 is 1.17 bits per heavy atom. The van der Waals surface area contributed by atoms with E-state index in [1.807, 2.05) is 55.5 Å². The topological polar surface area (TPSA) is 70.5 Å². The van der Waals surface area contributed by atoms with E-state index >= 15 is 0 Å². The Bertz CT molecular complexity index is 1260. The number of benzene rings is 1. The number of likely N-dealkylation sites (tertiary alicyclic amines) is 1. The molecule has 1 amide bonds. The maximum atomic E-state index is 13.9. The molecule has 3 atom stereocenters. The first-order valence-corrected chi connectivity index (χ1v) is 11.7. The summed E-state index contributed by atoms with van der Waals surface area (Å²) in [5, 5.41) is 3.01. The van der Waals surface area contributed by atoms with Gasteiger partial charge in [-0.05, 0) is 43.3 Å². The van der Waals surface area contributed by atoms with Gasteiger partial charge in [0.25, 0.3) is 6.43 Å². The fourth-order valence-corrected chi connectivity index (χ4v) is 5.25. The van der Waals surface area contributed by atoms with Crippen LogP contribution in [0.25, 0.3) is 0 Å². The number of aromatic nitrogens is 2. The van der Waals surface area contributed by atoms with Gasteiger partial charge in [0.15, 0.2) is 0 Å². The Morgan fingerprint density at radius 2 is 1.97 bits per heavy atom. The summed E-state index contributed by atoms with van der Waals surface area (Å²) < 4.78 is 27.8. The highest BCUT2D eigenvalue weighted by atomic mass is 19.3. The van der Waals surface area contributed by atoms with Gasteiger partial charge in [-0.25, -0.2) is 8.78 Å². The lowest BCUT2D eigenvalue weighted by Crippen LogP contribution is -2.41. The van der Waals surface area contributed by atoms with Gasteiger partial charge in [-0.15, -0.1) is 0 Å². The van der Waals surface area contributed by atoms with Crippen molar-refractivity contribution in [2.45, 2.75) is 44.3 Å². The van der Waals surface area contributed by atoms with Crippen LogP contribution < -0.4 is 5.32 Å². The maximum Gasteiger partial charge on any atom is 0.254 e. The lowest BCUT2D eigenvalue weighted by molar-refractivity contribution is -0.121. The number of halogens is 2. The van der Waals surface area contributed by atoms with Crippen molar-refractivity contribution in [1.29, 1.82) is 0 Å². The molecule has 5 rings (SSSR count). The molecule has 1 N–H and O–H groups in total. The zero-order valence-electron chi connectivity index (χ0n) is 19.7. The first-order chi connectivity index (χ1) is 16.9. The van der Waals surface area contributed by atoms with Crippen LogP contribution in [0.4, 0.5) is 8.78 Å². The first kappa shape index (κ1) is 23.2. The van der Waals surface area contributed by atoms with Gasteiger partial charge in [-0.1, -0.05) is 30.3 Å². The summed E-state index contributed by atoms with van der Waals surface area (Å²) in [6, 6.07) is 13.7. The smallest absolute Gasteiger partial charge is 0.254 e. The molecule has 0 aliphatic carbocycles. The van der Waals surface area contributed by atoms with Gasteiger partial charge in [0.1, 0.15) is 0 Å². The lowest BCUT2D eigenvalue weighted by atomic mass is 9.88. The van der Waals surface area contributed by atoms with E-state index in [1.54, 1.807) is 24.3 Å². The second kappa shape index (κ2) is 9.62. The summed E-state index contributed by atoms with van der Waals surface area (Å²) in [6.45, 7) is 2.83. The number of hydrogen-bond donors (Lipinski definition) is 1. The molecular weight excluding hydrogens is 448 g/mol. The van der Waals surface area contributed by atoms with Gasteiger partial charge < -0.3 is 5.32 Å². The van der Waals surface area contributed by atoms with E-state index < -0.39 is 24.4 Å². The van der Waals surface area contributed by atoms with Crippen LogP contribution in [-0.4, -0.2) is 58.6 Å². The lowest BCUT2D eigenvalue weighted by Gasteiger charge is -2.26. The standard InChI is InChI=1S/C27H27F2N5O/c1-16-10-18(8-9-30-16)25-21-14-31-20(11-19(21)13-32-25)12-23(35)33-22-15-34(2)26(27(28)29)24(22)17-6-4-3-5-7-17/h3-11,14,22,24,26-27H,12-13,15H2,1-2H3,(H,33,35)/t22-,24+,26+/m0/s1. The number of amides is 1. The normalized spacial score (nSPS) is 21.7. The van der Waals surface area contributed by atoms with Crippen LogP contribution in [-0.2, 0) is 17.8 Å². The van der Waals surface area contributed by atoms with Crippen molar-refractivity contribution in [2.75, 3.05) is 13.6 Å². The Balaban J connectivity index is 1.30. The average molecular weight is 476 g/mol. The highest BCUT2D eigenvalue weighted by molar-refractivity contribution is 6.15. The van der Waals surface area contributed by atoms with Crippen molar-refractivity contribution in [3.63, 3.8) is 0 Å². The molecule has 2 aliphatic rings. The number of nitrogens with zero attached hydrogens (tertiary/aromatic N) is 4.